The van der Waals surface area contributed by atoms with Crippen molar-refractivity contribution in [2.75, 3.05) is 0 Å². The number of ether oxygens (including phenoxy) is 1. The number of azo groups is 1. The van der Waals surface area contributed by atoms with Crippen LogP contribution in [0.1, 0.15) is 24.2 Å². The fourth-order valence-corrected chi connectivity index (χ4v) is 1.53. The lowest BCUT2D eigenvalue weighted by Gasteiger charge is -2.10. The molecule has 0 aliphatic carbocycles. The van der Waals surface area contributed by atoms with Crippen molar-refractivity contribution in [2.45, 2.75) is 20.0 Å². The number of carbonyl (C=O) groups is 2. The molecular formula is C14H14N4O3. The lowest BCUT2D eigenvalue weighted by Crippen LogP contribution is -2.31. The molecule has 1 aromatic carbocycles. The molecule has 1 aliphatic rings. The second kappa shape index (κ2) is 6.08. The number of hydrogen-bond acceptors (Lipinski definition) is 5. The third-order valence-corrected chi connectivity index (χ3v) is 2.45. The van der Waals surface area contributed by atoms with Gasteiger partial charge in [0.1, 0.15) is 5.70 Å². The summed E-state index contributed by atoms with van der Waals surface area (Å²) in [5, 5.41) is 9.32. The molecule has 0 saturated heterocycles. The van der Waals surface area contributed by atoms with Crippen LogP contribution in [-0.2, 0) is 4.74 Å². The fourth-order valence-electron chi connectivity index (χ4n) is 1.53. The summed E-state index contributed by atoms with van der Waals surface area (Å²) in [7, 11) is 0. The summed E-state index contributed by atoms with van der Waals surface area (Å²) in [5.41, 5.74) is 1.24. The molecule has 2 amide bonds. The maximum Gasteiger partial charge on any atom is 0.365 e. The van der Waals surface area contributed by atoms with E-state index in [0.717, 1.165) is 0 Å². The van der Waals surface area contributed by atoms with Gasteiger partial charge in [-0.05, 0) is 38.1 Å². The Morgan fingerprint density at radius 3 is 2.57 bits per heavy atom. The molecule has 108 valence electrons. The average molecular weight is 286 g/mol. The zero-order chi connectivity index (χ0) is 15.4. The standard InChI is InChI=1S/C14H14N4O3/c1-8(2)21-13(19)10-4-6-11(7-5-10)15-12-9(3)17-18-14(20)16-12/h4-8H,3H2,1-2H3,(H,15,16,20). The highest BCUT2D eigenvalue weighted by Crippen LogP contribution is 2.16. The van der Waals surface area contributed by atoms with E-state index >= 15 is 0 Å². The maximum absolute atomic E-state index is 11.7. The van der Waals surface area contributed by atoms with E-state index < -0.39 is 12.0 Å². The molecule has 0 saturated carbocycles. The van der Waals surface area contributed by atoms with Gasteiger partial charge >= 0.3 is 12.0 Å². The van der Waals surface area contributed by atoms with Crippen LogP contribution in [0.3, 0.4) is 0 Å². The van der Waals surface area contributed by atoms with Crippen LogP contribution in [0.15, 0.2) is 51.8 Å². The smallest absolute Gasteiger partial charge is 0.365 e. The topological polar surface area (TPSA) is 92.5 Å². The van der Waals surface area contributed by atoms with Gasteiger partial charge in [-0.3, -0.25) is 5.32 Å². The molecule has 0 fully saturated rings. The Balaban J connectivity index is 2.16. The van der Waals surface area contributed by atoms with Crippen LogP contribution in [0.2, 0.25) is 0 Å². The van der Waals surface area contributed by atoms with Gasteiger partial charge in [0.05, 0.1) is 17.4 Å². The molecule has 2 rings (SSSR count). The van der Waals surface area contributed by atoms with Gasteiger partial charge in [-0.25, -0.2) is 14.6 Å². The van der Waals surface area contributed by atoms with Gasteiger partial charge in [-0.15, -0.1) is 5.11 Å². The molecule has 1 aromatic rings. The Labute approximate surface area is 121 Å². The van der Waals surface area contributed by atoms with Gasteiger partial charge in [-0.1, -0.05) is 11.7 Å². The van der Waals surface area contributed by atoms with Crippen molar-refractivity contribution < 1.29 is 14.3 Å². The number of aliphatic imine (C=N–C) groups is 1. The maximum atomic E-state index is 11.7. The minimum Gasteiger partial charge on any atom is -0.459 e. The first kappa shape index (κ1) is 14.6. The molecule has 1 heterocycles. The second-order valence-corrected chi connectivity index (χ2v) is 4.54. The SMILES string of the molecule is C=C1N=NC(=O)NC1=Nc1ccc(C(=O)OC(C)C)cc1. The summed E-state index contributed by atoms with van der Waals surface area (Å²) in [4.78, 5) is 27.0. The molecular weight excluding hydrogens is 272 g/mol. The monoisotopic (exact) mass is 286 g/mol. The summed E-state index contributed by atoms with van der Waals surface area (Å²) in [5.74, 6) is -0.166. The van der Waals surface area contributed by atoms with E-state index in [1.165, 1.54) is 0 Å². The van der Waals surface area contributed by atoms with E-state index in [2.05, 4.69) is 27.1 Å². The number of hydrogen-bond donors (Lipinski definition) is 1. The molecule has 0 aromatic heterocycles. The number of nitrogens with one attached hydrogen (secondary N) is 1. The minimum absolute atomic E-state index is 0.177. The normalized spacial score (nSPS) is 16.2. The van der Waals surface area contributed by atoms with Gasteiger partial charge in [0, 0.05) is 0 Å². The summed E-state index contributed by atoms with van der Waals surface area (Å²) in [6.07, 6.45) is -0.177. The summed E-state index contributed by atoms with van der Waals surface area (Å²) >= 11 is 0. The molecule has 0 bridgehead atoms. The Morgan fingerprint density at radius 1 is 1.29 bits per heavy atom. The quantitative estimate of drug-likeness (QED) is 0.865. The zero-order valence-corrected chi connectivity index (χ0v) is 11.7. The van der Waals surface area contributed by atoms with Gasteiger partial charge < -0.3 is 4.74 Å². The summed E-state index contributed by atoms with van der Waals surface area (Å²) in [6.45, 7) is 7.19. The number of rotatable bonds is 3. The third-order valence-electron chi connectivity index (χ3n) is 2.45. The molecule has 0 atom stereocenters. The van der Waals surface area contributed by atoms with Crippen molar-refractivity contribution in [3.05, 3.63) is 42.1 Å². The van der Waals surface area contributed by atoms with Crippen LogP contribution >= 0.6 is 0 Å². The van der Waals surface area contributed by atoms with Crippen LogP contribution in [0.4, 0.5) is 10.5 Å². The fraction of sp³-hybridized carbons (Fsp3) is 0.214. The molecule has 0 radical (unpaired) electrons. The van der Waals surface area contributed by atoms with E-state index in [4.69, 9.17) is 4.74 Å². The number of nitrogens with zero attached hydrogens (tertiary/aromatic N) is 3. The van der Waals surface area contributed by atoms with Crippen LogP contribution in [0.25, 0.3) is 0 Å². The predicted octanol–water partition coefficient (Wildman–Crippen LogP) is 2.97. The van der Waals surface area contributed by atoms with E-state index in [1.54, 1.807) is 38.1 Å². The lowest BCUT2D eigenvalue weighted by atomic mass is 10.2. The van der Waals surface area contributed by atoms with Crippen LogP contribution < -0.4 is 5.32 Å². The molecule has 1 N–H and O–H groups in total. The first-order chi connectivity index (χ1) is 9.95. The van der Waals surface area contributed by atoms with Crippen molar-refractivity contribution in [3.63, 3.8) is 0 Å². The number of urea groups is 1. The predicted molar refractivity (Wildman–Crippen MR) is 76.6 cm³/mol. The highest BCUT2D eigenvalue weighted by Gasteiger charge is 2.14. The number of esters is 1. The van der Waals surface area contributed by atoms with Crippen molar-refractivity contribution in [2.24, 2.45) is 15.2 Å². The van der Waals surface area contributed by atoms with Crippen molar-refractivity contribution in [1.82, 2.24) is 5.32 Å². The molecule has 7 nitrogen and oxygen atoms in total. The Hall–Kier alpha value is -2.83. The van der Waals surface area contributed by atoms with E-state index in [-0.39, 0.29) is 17.6 Å². The summed E-state index contributed by atoms with van der Waals surface area (Å²) in [6, 6.07) is 5.86. The van der Waals surface area contributed by atoms with Crippen LogP contribution in [-0.4, -0.2) is 23.9 Å². The van der Waals surface area contributed by atoms with Gasteiger partial charge in [0.15, 0.2) is 5.84 Å². The number of amides is 2. The first-order valence-corrected chi connectivity index (χ1v) is 6.27. The second-order valence-electron chi connectivity index (χ2n) is 4.54. The summed E-state index contributed by atoms with van der Waals surface area (Å²) < 4.78 is 5.08. The molecule has 1 aliphatic heterocycles. The first-order valence-electron chi connectivity index (χ1n) is 6.27. The number of benzene rings is 1. The largest absolute Gasteiger partial charge is 0.459 e. The lowest BCUT2D eigenvalue weighted by molar-refractivity contribution is 0.0378. The van der Waals surface area contributed by atoms with Gasteiger partial charge in [0.2, 0.25) is 0 Å². The Morgan fingerprint density at radius 2 is 1.95 bits per heavy atom. The molecule has 21 heavy (non-hydrogen) atoms. The molecule has 0 spiro atoms. The number of carbonyl (C=O) groups excluding carboxylic acids is 2. The van der Waals surface area contributed by atoms with E-state index in [1.807, 2.05) is 0 Å². The third kappa shape index (κ3) is 3.82. The van der Waals surface area contributed by atoms with Crippen molar-refractivity contribution in [1.29, 1.82) is 0 Å². The van der Waals surface area contributed by atoms with E-state index in [0.29, 0.717) is 11.3 Å². The Bertz CT molecular complexity index is 645. The van der Waals surface area contributed by atoms with Crippen molar-refractivity contribution in [3.8, 4) is 0 Å². The van der Waals surface area contributed by atoms with Crippen LogP contribution in [0, 0.1) is 0 Å². The zero-order valence-electron chi connectivity index (χ0n) is 11.7. The van der Waals surface area contributed by atoms with Crippen molar-refractivity contribution >= 4 is 23.5 Å². The highest BCUT2D eigenvalue weighted by atomic mass is 16.5. The van der Waals surface area contributed by atoms with E-state index in [9.17, 15) is 9.59 Å². The minimum atomic E-state index is -0.599. The van der Waals surface area contributed by atoms with Crippen LogP contribution in [0.5, 0.6) is 0 Å². The average Bonchev–Trinajstić information content (AvgIpc) is 2.43. The highest BCUT2D eigenvalue weighted by molar-refractivity contribution is 6.09. The van der Waals surface area contributed by atoms with Gasteiger partial charge in [-0.2, -0.15) is 0 Å². The Kier molecular flexibility index (Phi) is 4.22. The van der Waals surface area contributed by atoms with Gasteiger partial charge in [0.25, 0.3) is 0 Å². The molecule has 0 unspecified atom stereocenters. The number of amidine groups is 1. The molecule has 7 heteroatoms.